The van der Waals surface area contributed by atoms with Gasteiger partial charge in [-0.05, 0) is 30.3 Å². The number of aromatic nitrogens is 1. The van der Waals surface area contributed by atoms with Crippen LogP contribution >= 0.6 is 35.0 Å². The molecule has 0 unspecified atom stereocenters. The number of halogens is 2. The number of nitrogens with zero attached hydrogens (tertiary/aromatic N) is 1. The Kier molecular flexibility index (Phi) is 4.11. The summed E-state index contributed by atoms with van der Waals surface area (Å²) in [6.45, 7) is 0. The fourth-order valence-corrected chi connectivity index (χ4v) is 2.39. The minimum absolute atomic E-state index is 0.161. The van der Waals surface area contributed by atoms with Crippen molar-refractivity contribution in [1.82, 2.24) is 4.98 Å². The molecule has 0 radical (unpaired) electrons. The monoisotopic (exact) mass is 299 g/mol. The molecule has 0 aliphatic rings. The largest absolute Gasteiger partial charge is 0.478 e. The number of hydrogen-bond donors (Lipinski definition) is 1. The molecule has 1 heterocycles. The Morgan fingerprint density at radius 1 is 1.17 bits per heavy atom. The Labute approximate surface area is 118 Å². The molecule has 1 aromatic carbocycles. The third-order valence-corrected chi connectivity index (χ3v) is 3.78. The number of pyridine rings is 1. The Morgan fingerprint density at radius 3 is 2.50 bits per heavy atom. The van der Waals surface area contributed by atoms with Crippen LogP contribution in [-0.2, 0) is 0 Å². The molecule has 1 aromatic heterocycles. The SMILES string of the molecule is O=C(O)c1ccc(Sc2ccc(Cl)c(Cl)c2)nc1. The molecule has 92 valence electrons. The zero-order valence-corrected chi connectivity index (χ0v) is 11.3. The quantitative estimate of drug-likeness (QED) is 0.921. The summed E-state index contributed by atoms with van der Waals surface area (Å²) in [6, 6.07) is 8.43. The molecule has 0 atom stereocenters. The van der Waals surface area contributed by atoms with Gasteiger partial charge >= 0.3 is 5.97 Å². The lowest BCUT2D eigenvalue weighted by atomic mass is 10.3. The Balaban J connectivity index is 2.18. The fourth-order valence-electron chi connectivity index (χ4n) is 1.23. The molecule has 2 aromatic rings. The van der Waals surface area contributed by atoms with Gasteiger partial charge in [0.15, 0.2) is 0 Å². The number of carboxylic acids is 1. The molecule has 0 spiro atoms. The maximum Gasteiger partial charge on any atom is 0.337 e. The first-order valence-electron chi connectivity index (χ1n) is 4.88. The van der Waals surface area contributed by atoms with Crippen LogP contribution in [0.5, 0.6) is 0 Å². The first-order valence-corrected chi connectivity index (χ1v) is 6.46. The topological polar surface area (TPSA) is 50.2 Å². The van der Waals surface area contributed by atoms with Crippen molar-refractivity contribution < 1.29 is 9.90 Å². The third-order valence-electron chi connectivity index (χ3n) is 2.10. The van der Waals surface area contributed by atoms with Crippen molar-refractivity contribution in [2.75, 3.05) is 0 Å². The number of hydrogen-bond acceptors (Lipinski definition) is 3. The van der Waals surface area contributed by atoms with Crippen molar-refractivity contribution in [2.24, 2.45) is 0 Å². The van der Waals surface area contributed by atoms with Gasteiger partial charge in [0.2, 0.25) is 0 Å². The van der Waals surface area contributed by atoms with E-state index in [1.165, 1.54) is 24.0 Å². The minimum atomic E-state index is -0.992. The summed E-state index contributed by atoms with van der Waals surface area (Å²) in [7, 11) is 0. The van der Waals surface area contributed by atoms with Crippen LogP contribution in [0.25, 0.3) is 0 Å². The van der Waals surface area contributed by atoms with Crippen molar-refractivity contribution in [3.05, 3.63) is 52.1 Å². The first-order chi connectivity index (χ1) is 8.56. The second kappa shape index (κ2) is 5.61. The molecule has 0 aliphatic heterocycles. The van der Waals surface area contributed by atoms with Crippen molar-refractivity contribution in [1.29, 1.82) is 0 Å². The minimum Gasteiger partial charge on any atom is -0.478 e. The van der Waals surface area contributed by atoms with Crippen molar-refractivity contribution in [3.8, 4) is 0 Å². The van der Waals surface area contributed by atoms with Crippen LogP contribution in [0.2, 0.25) is 10.0 Å². The van der Waals surface area contributed by atoms with Crippen molar-refractivity contribution >= 4 is 40.9 Å². The number of carbonyl (C=O) groups is 1. The van der Waals surface area contributed by atoms with Gasteiger partial charge in [0.25, 0.3) is 0 Å². The lowest BCUT2D eigenvalue weighted by Gasteiger charge is -2.03. The summed E-state index contributed by atoms with van der Waals surface area (Å²) < 4.78 is 0. The highest BCUT2D eigenvalue weighted by atomic mass is 35.5. The van der Waals surface area contributed by atoms with E-state index >= 15 is 0 Å². The standard InChI is InChI=1S/C12H7Cl2NO2S/c13-9-3-2-8(5-10(9)14)18-11-4-1-7(6-15-11)12(16)17/h1-6H,(H,16,17). The molecule has 0 fully saturated rings. The molecule has 1 N–H and O–H groups in total. The summed E-state index contributed by atoms with van der Waals surface area (Å²) >= 11 is 13.1. The van der Waals surface area contributed by atoms with E-state index < -0.39 is 5.97 Å². The molecule has 0 saturated carbocycles. The van der Waals surface area contributed by atoms with E-state index in [1.807, 2.05) is 6.07 Å². The average molecular weight is 300 g/mol. The predicted molar refractivity (Wildman–Crippen MR) is 71.8 cm³/mol. The van der Waals surface area contributed by atoms with Crippen LogP contribution in [0.15, 0.2) is 46.5 Å². The molecule has 0 saturated heterocycles. The summed E-state index contributed by atoms with van der Waals surface area (Å²) in [5, 5.41) is 10.4. The Morgan fingerprint density at radius 2 is 1.94 bits per heavy atom. The number of rotatable bonds is 3. The van der Waals surface area contributed by atoms with E-state index in [4.69, 9.17) is 28.3 Å². The first kappa shape index (κ1) is 13.2. The highest BCUT2D eigenvalue weighted by Gasteiger charge is 2.05. The number of aromatic carboxylic acids is 1. The van der Waals surface area contributed by atoms with E-state index in [9.17, 15) is 4.79 Å². The maximum absolute atomic E-state index is 10.7. The van der Waals surface area contributed by atoms with Crippen molar-refractivity contribution in [3.63, 3.8) is 0 Å². The van der Waals surface area contributed by atoms with Gasteiger partial charge in [-0.15, -0.1) is 0 Å². The van der Waals surface area contributed by atoms with Gasteiger partial charge in [0.1, 0.15) is 5.03 Å². The van der Waals surface area contributed by atoms with Crippen LogP contribution in [0.3, 0.4) is 0 Å². The van der Waals surface area contributed by atoms with E-state index in [0.717, 1.165) is 4.90 Å². The fraction of sp³-hybridized carbons (Fsp3) is 0. The molecular weight excluding hydrogens is 293 g/mol. The van der Waals surface area contributed by atoms with Crippen LogP contribution in [-0.4, -0.2) is 16.1 Å². The molecule has 2 rings (SSSR count). The highest BCUT2D eigenvalue weighted by molar-refractivity contribution is 7.99. The molecule has 18 heavy (non-hydrogen) atoms. The zero-order chi connectivity index (χ0) is 13.1. The zero-order valence-electron chi connectivity index (χ0n) is 8.93. The summed E-state index contributed by atoms with van der Waals surface area (Å²) in [5.74, 6) is -0.992. The van der Waals surface area contributed by atoms with Gasteiger partial charge in [-0.3, -0.25) is 0 Å². The van der Waals surface area contributed by atoms with Gasteiger partial charge in [-0.25, -0.2) is 9.78 Å². The Bertz CT molecular complexity index is 587. The summed E-state index contributed by atoms with van der Waals surface area (Å²) in [5.41, 5.74) is 0.161. The number of carboxylic acid groups (broad SMARTS) is 1. The third kappa shape index (κ3) is 3.16. The summed E-state index contributed by atoms with van der Waals surface area (Å²) in [4.78, 5) is 15.6. The molecule has 0 amide bonds. The summed E-state index contributed by atoms with van der Waals surface area (Å²) in [6.07, 6.45) is 1.32. The van der Waals surface area contributed by atoms with Crippen molar-refractivity contribution in [2.45, 2.75) is 9.92 Å². The molecular formula is C12H7Cl2NO2S. The van der Waals surface area contributed by atoms with E-state index in [-0.39, 0.29) is 5.56 Å². The van der Waals surface area contributed by atoms with E-state index in [0.29, 0.717) is 15.1 Å². The van der Waals surface area contributed by atoms with E-state index in [2.05, 4.69) is 4.98 Å². The van der Waals surface area contributed by atoms with E-state index in [1.54, 1.807) is 18.2 Å². The van der Waals surface area contributed by atoms with Crippen LogP contribution < -0.4 is 0 Å². The van der Waals surface area contributed by atoms with Gasteiger partial charge in [-0.1, -0.05) is 35.0 Å². The molecule has 0 aliphatic carbocycles. The van der Waals surface area contributed by atoms with Crippen LogP contribution in [0, 0.1) is 0 Å². The number of benzene rings is 1. The lowest BCUT2D eigenvalue weighted by Crippen LogP contribution is -1.96. The Hall–Kier alpha value is -1.23. The lowest BCUT2D eigenvalue weighted by molar-refractivity contribution is 0.0696. The van der Waals surface area contributed by atoms with Gasteiger partial charge in [0, 0.05) is 11.1 Å². The second-order valence-corrected chi connectivity index (χ2v) is 5.28. The van der Waals surface area contributed by atoms with Gasteiger partial charge in [-0.2, -0.15) is 0 Å². The molecule has 0 bridgehead atoms. The highest BCUT2D eigenvalue weighted by Crippen LogP contribution is 2.31. The molecule has 3 nitrogen and oxygen atoms in total. The smallest absolute Gasteiger partial charge is 0.337 e. The van der Waals surface area contributed by atoms with Gasteiger partial charge < -0.3 is 5.11 Å². The molecule has 6 heteroatoms. The van der Waals surface area contributed by atoms with Crippen LogP contribution in [0.4, 0.5) is 0 Å². The maximum atomic E-state index is 10.7. The normalized spacial score (nSPS) is 10.3. The van der Waals surface area contributed by atoms with Gasteiger partial charge in [0.05, 0.1) is 15.6 Å². The average Bonchev–Trinajstić information content (AvgIpc) is 2.34. The predicted octanol–water partition coefficient (Wildman–Crippen LogP) is 4.24. The second-order valence-electron chi connectivity index (χ2n) is 3.37. The van der Waals surface area contributed by atoms with Crippen LogP contribution in [0.1, 0.15) is 10.4 Å².